The van der Waals surface area contributed by atoms with Crippen LogP contribution in [-0.4, -0.2) is 41.2 Å². The molecule has 18 heavy (non-hydrogen) atoms. The van der Waals surface area contributed by atoms with Crippen LogP contribution in [0.1, 0.15) is 23.3 Å². The SMILES string of the molecule is O=C(N[C@@H]1CCOCC[C@H]1C(=O)O)c1ccc[nH]1. The average molecular weight is 252 g/mol. The molecule has 1 aromatic rings. The zero-order valence-corrected chi connectivity index (χ0v) is 9.89. The molecule has 2 heterocycles. The number of carboxylic acid groups (broad SMARTS) is 1. The molecule has 0 aliphatic carbocycles. The van der Waals surface area contributed by atoms with Crippen molar-refractivity contribution < 1.29 is 19.4 Å². The molecule has 1 aromatic heterocycles. The smallest absolute Gasteiger partial charge is 0.308 e. The molecule has 1 fully saturated rings. The number of carboxylic acids is 1. The van der Waals surface area contributed by atoms with E-state index in [1.165, 1.54) is 0 Å². The van der Waals surface area contributed by atoms with Crippen LogP contribution < -0.4 is 5.32 Å². The largest absolute Gasteiger partial charge is 0.481 e. The number of amides is 1. The van der Waals surface area contributed by atoms with Gasteiger partial charge in [-0.1, -0.05) is 0 Å². The molecule has 0 radical (unpaired) electrons. The molecule has 1 saturated heterocycles. The fraction of sp³-hybridized carbons (Fsp3) is 0.500. The van der Waals surface area contributed by atoms with E-state index in [-0.39, 0.29) is 11.9 Å². The summed E-state index contributed by atoms with van der Waals surface area (Å²) in [5, 5.41) is 11.9. The molecule has 0 saturated carbocycles. The molecule has 0 bridgehead atoms. The lowest BCUT2D eigenvalue weighted by Crippen LogP contribution is -2.43. The summed E-state index contributed by atoms with van der Waals surface area (Å²) in [6.45, 7) is 0.894. The van der Waals surface area contributed by atoms with Crippen LogP contribution in [0.3, 0.4) is 0 Å². The van der Waals surface area contributed by atoms with Gasteiger partial charge in [-0.25, -0.2) is 0 Å². The zero-order chi connectivity index (χ0) is 13.0. The molecule has 1 aliphatic rings. The molecule has 98 valence electrons. The van der Waals surface area contributed by atoms with Crippen LogP contribution in [0.2, 0.25) is 0 Å². The number of aromatic nitrogens is 1. The number of ether oxygens (including phenoxy) is 1. The summed E-state index contributed by atoms with van der Waals surface area (Å²) in [4.78, 5) is 25.8. The Morgan fingerprint density at radius 3 is 2.83 bits per heavy atom. The number of aliphatic carboxylic acids is 1. The van der Waals surface area contributed by atoms with Gasteiger partial charge in [0.25, 0.3) is 5.91 Å². The van der Waals surface area contributed by atoms with E-state index >= 15 is 0 Å². The van der Waals surface area contributed by atoms with Gasteiger partial charge in [-0.2, -0.15) is 0 Å². The molecule has 6 nitrogen and oxygen atoms in total. The van der Waals surface area contributed by atoms with Gasteiger partial charge in [0.15, 0.2) is 0 Å². The van der Waals surface area contributed by atoms with Gasteiger partial charge in [-0.15, -0.1) is 0 Å². The summed E-state index contributed by atoms with van der Waals surface area (Å²) in [7, 11) is 0. The van der Waals surface area contributed by atoms with E-state index < -0.39 is 11.9 Å². The summed E-state index contributed by atoms with van der Waals surface area (Å²) in [6.07, 6.45) is 2.59. The van der Waals surface area contributed by atoms with Crippen LogP contribution in [-0.2, 0) is 9.53 Å². The minimum absolute atomic E-state index is 0.279. The predicted octanol–water partition coefficient (Wildman–Crippen LogP) is 0.624. The summed E-state index contributed by atoms with van der Waals surface area (Å²) >= 11 is 0. The Bertz CT molecular complexity index is 416. The van der Waals surface area contributed by atoms with Gasteiger partial charge < -0.3 is 20.1 Å². The molecule has 1 amide bonds. The number of rotatable bonds is 3. The minimum atomic E-state index is -0.891. The molecule has 6 heteroatoms. The quantitative estimate of drug-likeness (QED) is 0.735. The Hall–Kier alpha value is -1.82. The molecule has 0 unspecified atom stereocenters. The monoisotopic (exact) mass is 252 g/mol. The van der Waals surface area contributed by atoms with Crippen molar-refractivity contribution in [1.29, 1.82) is 0 Å². The molecule has 0 aromatic carbocycles. The van der Waals surface area contributed by atoms with Gasteiger partial charge >= 0.3 is 5.97 Å². The predicted molar refractivity (Wildman–Crippen MR) is 63.2 cm³/mol. The maximum Gasteiger partial charge on any atom is 0.308 e. The lowest BCUT2D eigenvalue weighted by atomic mass is 9.95. The van der Waals surface area contributed by atoms with Crippen LogP contribution in [0.25, 0.3) is 0 Å². The summed E-state index contributed by atoms with van der Waals surface area (Å²) in [5.74, 6) is -1.76. The first-order valence-corrected chi connectivity index (χ1v) is 5.93. The van der Waals surface area contributed by atoms with Crippen molar-refractivity contribution in [3.63, 3.8) is 0 Å². The van der Waals surface area contributed by atoms with Gasteiger partial charge in [0.2, 0.25) is 0 Å². The molecule has 0 spiro atoms. The third-order valence-electron chi connectivity index (χ3n) is 3.11. The summed E-state index contributed by atoms with van der Waals surface area (Å²) in [6, 6.07) is 2.98. The average Bonchev–Trinajstić information content (AvgIpc) is 2.77. The number of carbonyl (C=O) groups is 2. The Morgan fingerprint density at radius 2 is 2.17 bits per heavy atom. The standard InChI is InChI=1S/C12H16N2O4/c15-11(10-2-1-5-13-10)14-9-4-7-18-6-3-8(9)12(16)17/h1-2,5,8-9,13H,3-4,6-7H2,(H,14,15)(H,16,17)/t8-,9-/m1/s1. The van der Waals surface area contributed by atoms with E-state index in [0.717, 1.165) is 0 Å². The second-order valence-electron chi connectivity index (χ2n) is 4.30. The van der Waals surface area contributed by atoms with Gasteiger partial charge in [0, 0.05) is 25.5 Å². The molecule has 3 N–H and O–H groups in total. The molecular formula is C12H16N2O4. The van der Waals surface area contributed by atoms with Crippen molar-refractivity contribution in [2.45, 2.75) is 18.9 Å². The van der Waals surface area contributed by atoms with Crippen molar-refractivity contribution in [1.82, 2.24) is 10.3 Å². The fourth-order valence-corrected chi connectivity index (χ4v) is 2.11. The summed E-state index contributed by atoms with van der Waals surface area (Å²) in [5.41, 5.74) is 0.435. The topological polar surface area (TPSA) is 91.4 Å². The number of nitrogens with one attached hydrogen (secondary N) is 2. The first kappa shape index (κ1) is 12.6. The third-order valence-corrected chi connectivity index (χ3v) is 3.11. The number of aromatic amines is 1. The molecule has 2 atom stereocenters. The lowest BCUT2D eigenvalue weighted by Gasteiger charge is -2.21. The van der Waals surface area contributed by atoms with Crippen LogP contribution in [0, 0.1) is 5.92 Å². The van der Waals surface area contributed by atoms with E-state index in [1.807, 2.05) is 0 Å². The first-order chi connectivity index (χ1) is 8.68. The molecule has 1 aliphatic heterocycles. The van der Waals surface area contributed by atoms with E-state index in [9.17, 15) is 9.59 Å². The van der Waals surface area contributed by atoms with Gasteiger partial charge in [0.1, 0.15) is 5.69 Å². The van der Waals surface area contributed by atoms with Crippen LogP contribution in [0.4, 0.5) is 0 Å². The van der Waals surface area contributed by atoms with Gasteiger partial charge in [-0.05, 0) is 25.0 Å². The maximum atomic E-state index is 11.9. The van der Waals surface area contributed by atoms with Gasteiger partial charge in [-0.3, -0.25) is 9.59 Å². The van der Waals surface area contributed by atoms with E-state index in [4.69, 9.17) is 9.84 Å². The Kier molecular flexibility index (Phi) is 3.99. The highest BCUT2D eigenvalue weighted by molar-refractivity contribution is 5.92. The van der Waals surface area contributed by atoms with E-state index in [2.05, 4.69) is 10.3 Å². The van der Waals surface area contributed by atoms with Crippen LogP contribution in [0.5, 0.6) is 0 Å². The number of H-pyrrole nitrogens is 1. The highest BCUT2D eigenvalue weighted by atomic mass is 16.5. The van der Waals surface area contributed by atoms with E-state index in [1.54, 1.807) is 18.3 Å². The summed E-state index contributed by atoms with van der Waals surface area (Å²) < 4.78 is 5.25. The van der Waals surface area contributed by atoms with Crippen molar-refractivity contribution in [3.8, 4) is 0 Å². The fourth-order valence-electron chi connectivity index (χ4n) is 2.11. The Morgan fingerprint density at radius 1 is 1.39 bits per heavy atom. The van der Waals surface area contributed by atoms with Crippen molar-refractivity contribution in [2.75, 3.05) is 13.2 Å². The molecular weight excluding hydrogens is 236 g/mol. The highest BCUT2D eigenvalue weighted by Crippen LogP contribution is 2.17. The second kappa shape index (κ2) is 5.68. The van der Waals surface area contributed by atoms with Gasteiger partial charge in [0.05, 0.1) is 5.92 Å². The first-order valence-electron chi connectivity index (χ1n) is 5.93. The lowest BCUT2D eigenvalue weighted by molar-refractivity contribution is -0.142. The zero-order valence-electron chi connectivity index (χ0n) is 9.89. The van der Waals surface area contributed by atoms with Crippen LogP contribution in [0.15, 0.2) is 18.3 Å². The normalized spacial score (nSPS) is 24.2. The van der Waals surface area contributed by atoms with E-state index in [0.29, 0.717) is 31.7 Å². The second-order valence-corrected chi connectivity index (χ2v) is 4.30. The number of hydrogen-bond acceptors (Lipinski definition) is 3. The number of hydrogen-bond donors (Lipinski definition) is 3. The Balaban J connectivity index is 2.04. The van der Waals surface area contributed by atoms with Crippen molar-refractivity contribution in [2.24, 2.45) is 5.92 Å². The maximum absolute atomic E-state index is 11.9. The van der Waals surface area contributed by atoms with Crippen LogP contribution >= 0.6 is 0 Å². The molecule has 2 rings (SSSR count). The van der Waals surface area contributed by atoms with Crippen molar-refractivity contribution >= 4 is 11.9 Å². The number of carbonyl (C=O) groups excluding carboxylic acids is 1. The third kappa shape index (κ3) is 2.89. The highest BCUT2D eigenvalue weighted by Gasteiger charge is 2.31. The Labute approximate surface area is 104 Å². The minimum Gasteiger partial charge on any atom is -0.481 e. The van der Waals surface area contributed by atoms with Crippen molar-refractivity contribution in [3.05, 3.63) is 24.0 Å².